The number of benzene rings is 1. The Bertz CT molecular complexity index is 994. The first-order chi connectivity index (χ1) is 15.4. The van der Waals surface area contributed by atoms with E-state index in [1.54, 1.807) is 42.5 Å². The standard InChI is InChI=1S/C24H27F3N4O/c1-31-13-11-17(12-14-31)6-5-15-32-20-10-9-19(16-28-20)23-29-21(18-7-3-2-4-8-18)22(30-23)24(25,26)27/h2-4,7-10,16-17H,5-6,11-15H2,1H3,(H,29,30). The van der Waals surface area contributed by atoms with Gasteiger partial charge in [0.2, 0.25) is 5.88 Å². The van der Waals surface area contributed by atoms with E-state index in [0.29, 0.717) is 23.6 Å². The molecule has 1 aliphatic heterocycles. The van der Waals surface area contributed by atoms with Gasteiger partial charge in [0.15, 0.2) is 0 Å². The van der Waals surface area contributed by atoms with Gasteiger partial charge in [-0.05, 0) is 57.8 Å². The summed E-state index contributed by atoms with van der Waals surface area (Å²) in [4.78, 5) is 13.3. The fraction of sp³-hybridized carbons (Fsp3) is 0.417. The van der Waals surface area contributed by atoms with Crippen LogP contribution < -0.4 is 4.74 Å². The second-order valence-corrected chi connectivity index (χ2v) is 8.30. The average molecular weight is 445 g/mol. The number of nitrogens with zero attached hydrogens (tertiary/aromatic N) is 3. The molecule has 0 unspecified atom stereocenters. The molecule has 2 aromatic heterocycles. The number of H-pyrrole nitrogens is 1. The number of likely N-dealkylation sites (tertiary alicyclic amines) is 1. The van der Waals surface area contributed by atoms with Crippen molar-refractivity contribution in [1.29, 1.82) is 0 Å². The summed E-state index contributed by atoms with van der Waals surface area (Å²) in [6, 6.07) is 11.7. The molecule has 3 aromatic rings. The van der Waals surface area contributed by atoms with Gasteiger partial charge < -0.3 is 14.6 Å². The van der Waals surface area contributed by atoms with Gasteiger partial charge in [0.05, 0.1) is 6.61 Å². The molecule has 1 aromatic carbocycles. The molecule has 1 N–H and O–H groups in total. The van der Waals surface area contributed by atoms with Crippen molar-refractivity contribution >= 4 is 0 Å². The number of ether oxygens (including phenoxy) is 1. The summed E-state index contributed by atoms with van der Waals surface area (Å²) in [5.41, 5.74) is -0.119. The summed E-state index contributed by atoms with van der Waals surface area (Å²) in [6.07, 6.45) is 1.52. The maximum atomic E-state index is 13.5. The van der Waals surface area contributed by atoms with Crippen LogP contribution in [0.25, 0.3) is 22.6 Å². The maximum Gasteiger partial charge on any atom is 0.433 e. The quantitative estimate of drug-likeness (QED) is 0.478. The molecular weight excluding hydrogens is 417 g/mol. The van der Waals surface area contributed by atoms with E-state index in [1.807, 2.05) is 0 Å². The Labute approximate surface area is 185 Å². The van der Waals surface area contributed by atoms with Crippen molar-refractivity contribution < 1.29 is 17.9 Å². The van der Waals surface area contributed by atoms with Crippen molar-refractivity contribution in [3.8, 4) is 28.5 Å². The summed E-state index contributed by atoms with van der Waals surface area (Å²) in [7, 11) is 2.16. The summed E-state index contributed by atoms with van der Waals surface area (Å²) in [6.45, 7) is 2.89. The van der Waals surface area contributed by atoms with E-state index < -0.39 is 11.9 Å². The normalized spacial score (nSPS) is 15.8. The number of aromatic amines is 1. The van der Waals surface area contributed by atoms with Crippen molar-refractivity contribution in [1.82, 2.24) is 19.9 Å². The number of nitrogens with one attached hydrogen (secondary N) is 1. The molecule has 0 radical (unpaired) electrons. The Morgan fingerprint density at radius 1 is 1.06 bits per heavy atom. The molecule has 0 atom stereocenters. The predicted molar refractivity (Wildman–Crippen MR) is 117 cm³/mol. The van der Waals surface area contributed by atoms with Crippen LogP contribution in [0.3, 0.4) is 0 Å². The third-order valence-corrected chi connectivity index (χ3v) is 5.89. The van der Waals surface area contributed by atoms with E-state index in [-0.39, 0.29) is 11.5 Å². The lowest BCUT2D eigenvalue weighted by atomic mass is 9.93. The van der Waals surface area contributed by atoms with Crippen LogP contribution in [0.1, 0.15) is 31.4 Å². The van der Waals surface area contributed by atoms with Crippen LogP contribution in [0.5, 0.6) is 5.88 Å². The molecule has 32 heavy (non-hydrogen) atoms. The molecule has 1 fully saturated rings. The van der Waals surface area contributed by atoms with Gasteiger partial charge >= 0.3 is 6.18 Å². The van der Waals surface area contributed by atoms with Crippen LogP contribution in [-0.4, -0.2) is 46.6 Å². The third-order valence-electron chi connectivity index (χ3n) is 5.89. The van der Waals surface area contributed by atoms with Crippen LogP contribution in [0.4, 0.5) is 13.2 Å². The van der Waals surface area contributed by atoms with E-state index >= 15 is 0 Å². The number of aromatic nitrogens is 3. The van der Waals surface area contributed by atoms with Gasteiger partial charge in [-0.25, -0.2) is 9.97 Å². The SMILES string of the molecule is CN1CCC(CCCOc2ccc(-c3nc(-c4ccccc4)c(C(F)(F)F)[nH]3)cn2)CC1. The molecule has 1 saturated heterocycles. The molecule has 170 valence electrons. The highest BCUT2D eigenvalue weighted by Gasteiger charge is 2.37. The molecule has 8 heteroatoms. The first-order valence-electron chi connectivity index (χ1n) is 10.9. The zero-order valence-electron chi connectivity index (χ0n) is 18.0. The topological polar surface area (TPSA) is 54.0 Å². The number of imidazole rings is 1. The molecule has 4 rings (SSSR count). The minimum atomic E-state index is -4.54. The Kier molecular flexibility index (Phi) is 6.79. The molecule has 3 heterocycles. The molecule has 1 aliphatic rings. The van der Waals surface area contributed by atoms with Crippen molar-refractivity contribution in [2.24, 2.45) is 5.92 Å². The average Bonchev–Trinajstić information content (AvgIpc) is 3.25. The number of halogens is 3. The smallest absolute Gasteiger partial charge is 0.433 e. The van der Waals surface area contributed by atoms with Gasteiger partial charge in [-0.2, -0.15) is 13.2 Å². The summed E-state index contributed by atoms with van der Waals surface area (Å²) < 4.78 is 46.4. The van der Waals surface area contributed by atoms with Gasteiger partial charge in [0.1, 0.15) is 17.2 Å². The maximum absolute atomic E-state index is 13.5. The fourth-order valence-corrected chi connectivity index (χ4v) is 4.03. The van der Waals surface area contributed by atoms with Crippen molar-refractivity contribution in [2.45, 2.75) is 31.9 Å². The summed E-state index contributed by atoms with van der Waals surface area (Å²) >= 11 is 0. The van der Waals surface area contributed by atoms with E-state index in [0.717, 1.165) is 31.8 Å². The van der Waals surface area contributed by atoms with E-state index in [9.17, 15) is 13.2 Å². The Hall–Kier alpha value is -2.87. The monoisotopic (exact) mass is 444 g/mol. The number of alkyl halides is 3. The Morgan fingerprint density at radius 3 is 2.47 bits per heavy atom. The van der Waals surface area contributed by atoms with Gasteiger partial charge in [-0.3, -0.25) is 0 Å². The van der Waals surface area contributed by atoms with Crippen LogP contribution in [0.15, 0.2) is 48.7 Å². The summed E-state index contributed by atoms with van der Waals surface area (Å²) in [5, 5.41) is 0. The van der Waals surface area contributed by atoms with Gasteiger partial charge in [0, 0.05) is 23.4 Å². The van der Waals surface area contributed by atoms with Gasteiger partial charge in [-0.1, -0.05) is 30.3 Å². The number of pyridine rings is 1. The molecule has 0 saturated carbocycles. The van der Waals surface area contributed by atoms with E-state index in [1.165, 1.54) is 19.0 Å². The van der Waals surface area contributed by atoms with Crippen LogP contribution >= 0.6 is 0 Å². The second-order valence-electron chi connectivity index (χ2n) is 8.30. The zero-order chi connectivity index (χ0) is 22.6. The van der Waals surface area contributed by atoms with Crippen molar-refractivity contribution in [2.75, 3.05) is 26.7 Å². The van der Waals surface area contributed by atoms with E-state index in [2.05, 4.69) is 26.9 Å². The molecule has 0 bridgehead atoms. The highest BCUT2D eigenvalue weighted by Crippen LogP contribution is 2.37. The molecule has 0 aliphatic carbocycles. The molecular formula is C24H27F3N4O. The number of piperidine rings is 1. The molecule has 0 amide bonds. The lowest BCUT2D eigenvalue weighted by Gasteiger charge is -2.28. The van der Waals surface area contributed by atoms with Crippen LogP contribution in [0.2, 0.25) is 0 Å². The Balaban J connectivity index is 1.39. The zero-order valence-corrected chi connectivity index (χ0v) is 18.0. The molecule has 5 nitrogen and oxygen atoms in total. The Morgan fingerprint density at radius 2 is 1.81 bits per heavy atom. The predicted octanol–water partition coefficient (Wildman–Crippen LogP) is 5.66. The fourth-order valence-electron chi connectivity index (χ4n) is 4.03. The first-order valence-corrected chi connectivity index (χ1v) is 10.9. The van der Waals surface area contributed by atoms with Crippen molar-refractivity contribution in [3.63, 3.8) is 0 Å². The number of hydrogen-bond donors (Lipinski definition) is 1. The van der Waals surface area contributed by atoms with E-state index in [4.69, 9.17) is 4.74 Å². The highest BCUT2D eigenvalue weighted by molar-refractivity contribution is 5.67. The molecule has 0 spiro atoms. The van der Waals surface area contributed by atoms with Crippen LogP contribution in [0, 0.1) is 5.92 Å². The van der Waals surface area contributed by atoms with Crippen LogP contribution in [-0.2, 0) is 6.18 Å². The van der Waals surface area contributed by atoms with Gasteiger partial charge in [0.25, 0.3) is 0 Å². The van der Waals surface area contributed by atoms with Gasteiger partial charge in [-0.15, -0.1) is 0 Å². The number of hydrogen-bond acceptors (Lipinski definition) is 4. The minimum absolute atomic E-state index is 0.123. The second kappa shape index (κ2) is 9.73. The first kappa shape index (κ1) is 22.3. The lowest BCUT2D eigenvalue weighted by molar-refractivity contribution is -0.140. The lowest BCUT2D eigenvalue weighted by Crippen LogP contribution is -2.30. The largest absolute Gasteiger partial charge is 0.478 e. The highest BCUT2D eigenvalue weighted by atomic mass is 19.4. The minimum Gasteiger partial charge on any atom is -0.478 e. The summed E-state index contributed by atoms with van der Waals surface area (Å²) in [5.74, 6) is 1.34. The number of rotatable bonds is 7. The third kappa shape index (κ3) is 5.48. The van der Waals surface area contributed by atoms with Crippen molar-refractivity contribution in [3.05, 3.63) is 54.4 Å².